The van der Waals surface area contributed by atoms with Crippen LogP contribution in [0, 0.1) is 0 Å². The molecule has 1 fully saturated rings. The topological polar surface area (TPSA) is 94.5 Å². The van der Waals surface area contributed by atoms with E-state index in [1.807, 2.05) is 0 Å². The molecule has 0 bridgehead atoms. The number of hydrogen-bond donors (Lipinski definition) is 0. The number of amides is 1. The van der Waals surface area contributed by atoms with E-state index in [9.17, 15) is 4.79 Å². The van der Waals surface area contributed by atoms with Crippen molar-refractivity contribution in [3.05, 3.63) is 29.7 Å². The van der Waals surface area contributed by atoms with Crippen LogP contribution in [-0.2, 0) is 11.2 Å². The molecular weight excluding hydrogens is 288 g/mol. The van der Waals surface area contributed by atoms with Crippen LogP contribution < -0.4 is 0 Å². The smallest absolute Gasteiger partial charge is 0.409 e. The van der Waals surface area contributed by atoms with Crippen molar-refractivity contribution < 1.29 is 18.6 Å². The van der Waals surface area contributed by atoms with Gasteiger partial charge in [0.15, 0.2) is 5.82 Å². The van der Waals surface area contributed by atoms with Crippen LogP contribution in [0.4, 0.5) is 4.79 Å². The zero-order chi connectivity index (χ0) is 15.4. The Balaban J connectivity index is 1.63. The van der Waals surface area contributed by atoms with Crippen LogP contribution in [0.2, 0.25) is 0 Å². The summed E-state index contributed by atoms with van der Waals surface area (Å²) < 4.78 is 15.2. The molecule has 1 aliphatic heterocycles. The highest BCUT2D eigenvalue weighted by Crippen LogP contribution is 2.26. The average Bonchev–Trinajstić information content (AvgIpc) is 3.20. The van der Waals surface area contributed by atoms with Crippen molar-refractivity contribution in [1.29, 1.82) is 0 Å². The second kappa shape index (κ2) is 6.59. The minimum Gasteiger partial charge on any atom is -0.450 e. The third-order valence-corrected chi connectivity index (χ3v) is 3.61. The lowest BCUT2D eigenvalue weighted by Crippen LogP contribution is -2.39. The molecule has 1 aliphatic rings. The van der Waals surface area contributed by atoms with E-state index in [1.165, 1.54) is 6.26 Å². The van der Waals surface area contributed by atoms with Gasteiger partial charge in [-0.25, -0.2) is 4.79 Å². The van der Waals surface area contributed by atoms with E-state index in [4.69, 9.17) is 13.8 Å². The molecule has 0 saturated carbocycles. The van der Waals surface area contributed by atoms with Crippen LogP contribution in [0.15, 0.2) is 21.4 Å². The number of likely N-dealkylation sites (tertiary alicyclic amines) is 1. The molecule has 2 aromatic heterocycles. The highest BCUT2D eigenvalue weighted by molar-refractivity contribution is 5.67. The summed E-state index contributed by atoms with van der Waals surface area (Å²) in [5, 5.41) is 7.79. The monoisotopic (exact) mass is 306 g/mol. The molecule has 3 heterocycles. The van der Waals surface area contributed by atoms with E-state index in [0.29, 0.717) is 37.8 Å². The summed E-state index contributed by atoms with van der Waals surface area (Å²) >= 11 is 0. The van der Waals surface area contributed by atoms with Gasteiger partial charge in [-0.1, -0.05) is 10.3 Å². The van der Waals surface area contributed by atoms with Crippen molar-refractivity contribution in [3.8, 4) is 0 Å². The summed E-state index contributed by atoms with van der Waals surface area (Å²) in [7, 11) is 0. The molecule has 0 aromatic carbocycles. The fourth-order valence-electron chi connectivity index (χ4n) is 2.56. The third kappa shape index (κ3) is 3.26. The molecule has 2 aromatic rings. The average molecular weight is 306 g/mol. The van der Waals surface area contributed by atoms with Gasteiger partial charge in [0.25, 0.3) is 0 Å². The van der Waals surface area contributed by atoms with Crippen LogP contribution in [0.1, 0.15) is 43.1 Å². The normalized spacial score (nSPS) is 18.4. The maximum atomic E-state index is 11.8. The van der Waals surface area contributed by atoms with Crippen molar-refractivity contribution in [1.82, 2.24) is 20.2 Å². The number of nitrogens with zero attached hydrogens (tertiary/aromatic N) is 4. The number of carbonyl (C=O) groups is 1. The molecule has 0 aliphatic carbocycles. The predicted molar refractivity (Wildman–Crippen MR) is 74.2 cm³/mol. The van der Waals surface area contributed by atoms with Crippen LogP contribution >= 0.6 is 0 Å². The molecule has 1 amide bonds. The molecule has 0 unspecified atom stereocenters. The fourth-order valence-corrected chi connectivity index (χ4v) is 2.56. The Bertz CT molecular complexity index is 610. The Hall–Kier alpha value is -2.38. The number of carbonyl (C=O) groups excluding carboxylic acids is 1. The van der Waals surface area contributed by atoms with Gasteiger partial charge in [-0.15, -0.1) is 0 Å². The predicted octanol–water partition coefficient (Wildman–Crippen LogP) is 1.98. The highest BCUT2D eigenvalue weighted by Gasteiger charge is 2.29. The van der Waals surface area contributed by atoms with Gasteiger partial charge in [-0.2, -0.15) is 4.98 Å². The number of piperidine rings is 1. The molecule has 0 radical (unpaired) electrons. The first kappa shape index (κ1) is 14.6. The van der Waals surface area contributed by atoms with Crippen molar-refractivity contribution in [2.24, 2.45) is 0 Å². The molecule has 22 heavy (non-hydrogen) atoms. The quantitative estimate of drug-likeness (QED) is 0.852. The largest absolute Gasteiger partial charge is 0.450 e. The molecule has 3 rings (SSSR count). The zero-order valence-corrected chi connectivity index (χ0v) is 12.4. The highest BCUT2D eigenvalue weighted by atomic mass is 16.6. The summed E-state index contributed by atoms with van der Waals surface area (Å²) in [6.45, 7) is 3.43. The standard InChI is InChI=1S/C14H18N4O4/c1-2-20-14(19)18-6-3-4-10(9-18)13-15-12(17-22-13)8-11-5-7-21-16-11/h5,7,10H,2-4,6,8-9H2,1H3/t10-/m1/s1. The van der Waals surface area contributed by atoms with E-state index in [-0.39, 0.29) is 12.0 Å². The van der Waals surface area contributed by atoms with Gasteiger partial charge in [0, 0.05) is 19.2 Å². The lowest BCUT2D eigenvalue weighted by atomic mass is 9.98. The Kier molecular flexibility index (Phi) is 4.36. The molecule has 8 nitrogen and oxygen atoms in total. The third-order valence-electron chi connectivity index (χ3n) is 3.61. The van der Waals surface area contributed by atoms with Crippen molar-refractivity contribution in [2.45, 2.75) is 32.1 Å². The van der Waals surface area contributed by atoms with Gasteiger partial charge >= 0.3 is 6.09 Å². The van der Waals surface area contributed by atoms with Gasteiger partial charge in [0.2, 0.25) is 5.89 Å². The molecule has 118 valence electrons. The number of ether oxygens (including phenoxy) is 1. The van der Waals surface area contributed by atoms with E-state index in [0.717, 1.165) is 18.5 Å². The van der Waals surface area contributed by atoms with Gasteiger partial charge in [-0.3, -0.25) is 0 Å². The maximum absolute atomic E-state index is 11.8. The van der Waals surface area contributed by atoms with Crippen molar-refractivity contribution in [2.75, 3.05) is 19.7 Å². The molecule has 1 saturated heterocycles. The minimum absolute atomic E-state index is 0.0525. The fraction of sp³-hybridized carbons (Fsp3) is 0.571. The first-order chi connectivity index (χ1) is 10.8. The van der Waals surface area contributed by atoms with Gasteiger partial charge in [0.05, 0.1) is 24.6 Å². The van der Waals surface area contributed by atoms with E-state index in [1.54, 1.807) is 17.9 Å². The molecular formula is C14H18N4O4. The molecule has 8 heteroatoms. The van der Waals surface area contributed by atoms with Gasteiger partial charge < -0.3 is 18.7 Å². The van der Waals surface area contributed by atoms with Gasteiger partial charge in [0.1, 0.15) is 6.26 Å². The van der Waals surface area contributed by atoms with Crippen LogP contribution in [-0.4, -0.2) is 46.0 Å². The van der Waals surface area contributed by atoms with E-state index < -0.39 is 0 Å². The Morgan fingerprint density at radius 3 is 3.18 bits per heavy atom. The van der Waals surface area contributed by atoms with E-state index >= 15 is 0 Å². The van der Waals surface area contributed by atoms with E-state index in [2.05, 4.69) is 15.3 Å². The van der Waals surface area contributed by atoms with Crippen LogP contribution in [0.5, 0.6) is 0 Å². The Morgan fingerprint density at radius 2 is 2.41 bits per heavy atom. The second-order valence-electron chi connectivity index (χ2n) is 5.20. The Labute approximate surface area is 127 Å². The molecule has 0 spiro atoms. The first-order valence-electron chi connectivity index (χ1n) is 7.39. The lowest BCUT2D eigenvalue weighted by molar-refractivity contribution is 0.0930. The Morgan fingerprint density at radius 1 is 1.50 bits per heavy atom. The van der Waals surface area contributed by atoms with Crippen molar-refractivity contribution >= 4 is 6.09 Å². The van der Waals surface area contributed by atoms with Crippen molar-refractivity contribution in [3.63, 3.8) is 0 Å². The number of hydrogen-bond acceptors (Lipinski definition) is 7. The zero-order valence-electron chi connectivity index (χ0n) is 12.4. The second-order valence-corrected chi connectivity index (χ2v) is 5.20. The van der Waals surface area contributed by atoms with Gasteiger partial charge in [-0.05, 0) is 19.8 Å². The van der Waals surface area contributed by atoms with Crippen LogP contribution in [0.25, 0.3) is 0 Å². The summed E-state index contributed by atoms with van der Waals surface area (Å²) in [5.41, 5.74) is 0.754. The minimum atomic E-state index is -0.283. The summed E-state index contributed by atoms with van der Waals surface area (Å²) in [4.78, 5) is 17.9. The molecule has 0 N–H and O–H groups in total. The van der Waals surface area contributed by atoms with Crippen LogP contribution in [0.3, 0.4) is 0 Å². The number of rotatable bonds is 4. The first-order valence-corrected chi connectivity index (χ1v) is 7.39. The summed E-state index contributed by atoms with van der Waals surface area (Å²) in [5.74, 6) is 1.18. The molecule has 1 atom stereocenters. The summed E-state index contributed by atoms with van der Waals surface area (Å²) in [6, 6.07) is 1.76. The number of aromatic nitrogens is 3. The SMILES string of the molecule is CCOC(=O)N1CCC[C@@H](c2nc(Cc3ccon3)no2)C1. The summed E-state index contributed by atoms with van der Waals surface area (Å²) in [6.07, 6.45) is 3.50. The maximum Gasteiger partial charge on any atom is 0.409 e. The lowest BCUT2D eigenvalue weighted by Gasteiger charge is -2.30.